The van der Waals surface area contributed by atoms with Crippen molar-refractivity contribution in [1.82, 2.24) is 0 Å². The summed E-state index contributed by atoms with van der Waals surface area (Å²) in [6.45, 7) is 1.11. The van der Waals surface area contributed by atoms with Crippen molar-refractivity contribution in [1.29, 1.82) is 0 Å². The molecule has 10 nitrogen and oxygen atoms in total. The number of nitrogens with zero attached hydrogens (tertiary/aromatic N) is 3. The minimum atomic E-state index is -4.05. The van der Waals surface area contributed by atoms with Gasteiger partial charge in [-0.1, -0.05) is 88.8 Å². The molecule has 5 aromatic rings. The van der Waals surface area contributed by atoms with Gasteiger partial charge in [0.2, 0.25) is 5.52 Å². The van der Waals surface area contributed by atoms with E-state index in [0.717, 1.165) is 71.9 Å². The lowest BCUT2D eigenvalue weighted by Crippen LogP contribution is -2.35. The van der Waals surface area contributed by atoms with Gasteiger partial charge in [0.1, 0.15) is 4.70 Å². The second kappa shape index (κ2) is 19.6. The van der Waals surface area contributed by atoms with Gasteiger partial charge < -0.3 is 15.3 Å². The summed E-state index contributed by atoms with van der Waals surface area (Å²) in [6, 6.07) is 32.2. The molecule has 310 valence electrons. The lowest BCUT2D eigenvalue weighted by atomic mass is 10.1. The number of fused-ring (bicyclic) bond motifs is 2. The van der Waals surface area contributed by atoms with E-state index in [1.807, 2.05) is 72.8 Å². The van der Waals surface area contributed by atoms with Crippen molar-refractivity contribution >= 4 is 99.9 Å². The number of anilines is 3. The first-order valence-electron chi connectivity index (χ1n) is 18.8. The van der Waals surface area contributed by atoms with Crippen molar-refractivity contribution in [3.63, 3.8) is 0 Å². The van der Waals surface area contributed by atoms with Crippen LogP contribution in [0, 0.1) is 0 Å². The van der Waals surface area contributed by atoms with E-state index in [1.54, 1.807) is 23.1 Å². The number of thiazole rings is 1. The van der Waals surface area contributed by atoms with Crippen LogP contribution >= 0.6 is 46.3 Å². The molecule has 2 aliphatic rings. The van der Waals surface area contributed by atoms with E-state index in [-0.39, 0.29) is 17.0 Å². The van der Waals surface area contributed by atoms with Gasteiger partial charge in [-0.15, -0.1) is 0 Å². The molecule has 59 heavy (non-hydrogen) atoms. The van der Waals surface area contributed by atoms with Crippen LogP contribution in [0.2, 0.25) is 10.0 Å². The Bertz CT molecular complexity index is 2610. The molecular weight excluding hydrogens is 870 g/mol. The van der Waals surface area contributed by atoms with E-state index in [0.29, 0.717) is 48.8 Å². The normalized spacial score (nSPS) is 15.8. The largest absolute Gasteiger partial charge is 0.870 e. The smallest absolute Gasteiger partial charge is 0.264 e. The van der Waals surface area contributed by atoms with Crippen LogP contribution in [0.1, 0.15) is 43.5 Å². The molecular formula is C43H43Cl2N3O7S4. The minimum Gasteiger partial charge on any atom is -0.870 e. The van der Waals surface area contributed by atoms with Gasteiger partial charge in [-0.05, 0) is 110 Å². The van der Waals surface area contributed by atoms with Gasteiger partial charge in [0.25, 0.3) is 25.2 Å². The van der Waals surface area contributed by atoms with Crippen molar-refractivity contribution < 1.29 is 36.0 Å². The van der Waals surface area contributed by atoms with E-state index in [4.69, 9.17) is 23.2 Å². The number of thioether (sulfide) groups is 1. The fourth-order valence-corrected chi connectivity index (χ4v) is 10.8. The Kier molecular flexibility index (Phi) is 14.8. The number of aromatic nitrogens is 1. The molecule has 1 aliphatic carbocycles. The van der Waals surface area contributed by atoms with Crippen molar-refractivity contribution in [2.75, 3.05) is 27.9 Å². The lowest BCUT2D eigenvalue weighted by Gasteiger charge is -2.28. The summed E-state index contributed by atoms with van der Waals surface area (Å²) in [5.41, 5.74) is 7.30. The van der Waals surface area contributed by atoms with Crippen LogP contribution < -0.4 is 14.4 Å². The molecule has 0 radical (unpaired) electrons. The molecule has 0 atom stereocenters. The third-order valence-electron chi connectivity index (χ3n) is 9.83. The second-order valence-corrected chi connectivity index (χ2v) is 20.1. The molecule has 3 N–H and O–H groups in total. The number of hydrogen-bond donors (Lipinski definition) is 2. The summed E-state index contributed by atoms with van der Waals surface area (Å²) in [7, 11) is -8.10. The SMILES string of the molecule is O=S(=O)(O)CCCCN1C(=CC=C2CCC(C=Cc3sc4ccc(Cl)cc4[n+]3CCCCS(=O)(=O)O)=C2N(c2ccccc2)c2ccccc2)Sc2ccc(Cl)cc21.[OH-]. The Balaban J connectivity index is 0.00000585. The van der Waals surface area contributed by atoms with Crippen LogP contribution in [-0.4, -0.2) is 49.5 Å². The van der Waals surface area contributed by atoms with Crippen molar-refractivity contribution in [3.05, 3.63) is 152 Å². The molecule has 0 saturated carbocycles. The number of allylic oxidation sites excluding steroid dienone is 5. The summed E-state index contributed by atoms with van der Waals surface area (Å²) in [4.78, 5) is 5.52. The minimum absolute atomic E-state index is 0. The Morgan fingerprint density at radius 2 is 1.37 bits per heavy atom. The number of benzene rings is 4. The quantitative estimate of drug-likeness (QED) is 0.0556. The maximum Gasteiger partial charge on any atom is 0.264 e. The van der Waals surface area contributed by atoms with E-state index in [9.17, 15) is 25.9 Å². The van der Waals surface area contributed by atoms with Gasteiger partial charge in [-0.25, -0.2) is 0 Å². The van der Waals surface area contributed by atoms with Crippen LogP contribution in [-0.2, 0) is 26.8 Å². The fourth-order valence-electron chi connectivity index (χ4n) is 7.20. The average molecular weight is 913 g/mol. The highest BCUT2D eigenvalue weighted by Gasteiger charge is 2.29. The summed E-state index contributed by atoms with van der Waals surface area (Å²) in [6.07, 6.45) is 12.0. The van der Waals surface area contributed by atoms with E-state index < -0.39 is 20.2 Å². The van der Waals surface area contributed by atoms with Gasteiger partial charge in [-0.3, -0.25) is 9.11 Å². The molecule has 7 rings (SSSR count). The first-order valence-corrected chi connectivity index (χ1v) is 24.4. The molecule has 4 aromatic carbocycles. The lowest BCUT2D eigenvalue weighted by molar-refractivity contribution is -0.669. The maximum absolute atomic E-state index is 11.4. The predicted octanol–water partition coefficient (Wildman–Crippen LogP) is 10.9. The highest BCUT2D eigenvalue weighted by molar-refractivity contribution is 8.03. The monoisotopic (exact) mass is 911 g/mol. The molecule has 0 saturated heterocycles. The standard InChI is InChI=1S/C43H41Cl2N3O6S4.H2O/c44-33-19-21-39-37(29-33)46(25-7-9-27-57(49,50)51)41(55-39)23-17-31-15-16-32(43(31)48(35-11-3-1-4-12-35)36-13-5-2-6-14-36)18-24-42-47(26-8-10-28-58(52,53)54)38-30-34(45)20-22-40(38)56-42;/h1-6,11-14,17-24,29-30H,7-10,15-16,25-28H2,(H-,49,50,51,52,53,54);1H2. The van der Waals surface area contributed by atoms with Gasteiger partial charge in [-0.2, -0.15) is 21.4 Å². The molecule has 0 bridgehead atoms. The Morgan fingerprint density at radius 1 is 0.746 bits per heavy atom. The van der Waals surface area contributed by atoms with Crippen LogP contribution in [0.25, 0.3) is 16.3 Å². The Morgan fingerprint density at radius 3 is 2.03 bits per heavy atom. The van der Waals surface area contributed by atoms with Crippen LogP contribution in [0.3, 0.4) is 0 Å². The zero-order valence-corrected chi connectivity index (χ0v) is 36.6. The topological polar surface area (TPSA) is 149 Å². The van der Waals surface area contributed by atoms with Gasteiger partial charge in [0.05, 0.1) is 27.9 Å². The highest BCUT2D eigenvalue weighted by Crippen LogP contribution is 2.48. The zero-order valence-electron chi connectivity index (χ0n) is 31.8. The fraction of sp³-hybridized carbons (Fsp3) is 0.233. The number of para-hydroxylation sites is 2. The molecule has 0 amide bonds. The summed E-state index contributed by atoms with van der Waals surface area (Å²) in [5.74, 6) is -0.579. The summed E-state index contributed by atoms with van der Waals surface area (Å²) in [5, 5.41) is 3.21. The molecule has 0 unspecified atom stereocenters. The first-order chi connectivity index (χ1) is 27.8. The Labute approximate surface area is 363 Å². The number of aryl methyl sites for hydroxylation is 1. The van der Waals surface area contributed by atoms with Crippen LogP contribution in [0.4, 0.5) is 17.1 Å². The third-order valence-corrected chi connectivity index (χ3v) is 14.2. The summed E-state index contributed by atoms with van der Waals surface area (Å²) < 4.78 is 67.6. The molecule has 1 aromatic heterocycles. The van der Waals surface area contributed by atoms with Crippen molar-refractivity contribution in [2.45, 2.75) is 50.0 Å². The van der Waals surface area contributed by atoms with Crippen LogP contribution in [0.15, 0.2) is 142 Å². The molecule has 16 heteroatoms. The van der Waals surface area contributed by atoms with Crippen molar-refractivity contribution in [2.24, 2.45) is 0 Å². The maximum atomic E-state index is 11.4. The average Bonchev–Trinajstić information content (AvgIpc) is 3.86. The Hall–Kier alpha value is -3.96. The number of hydrogen-bond acceptors (Lipinski definition) is 9. The second-order valence-electron chi connectivity index (χ2n) is 14.0. The van der Waals surface area contributed by atoms with Gasteiger partial charge in [0, 0.05) is 51.4 Å². The van der Waals surface area contributed by atoms with E-state index in [1.165, 1.54) is 0 Å². The van der Waals surface area contributed by atoms with E-state index in [2.05, 4.69) is 62.9 Å². The van der Waals surface area contributed by atoms with Gasteiger partial charge in [0.15, 0.2) is 6.54 Å². The predicted molar refractivity (Wildman–Crippen MR) is 241 cm³/mol. The van der Waals surface area contributed by atoms with Crippen molar-refractivity contribution in [3.8, 4) is 0 Å². The number of unbranched alkanes of at least 4 members (excludes halogenated alkanes) is 2. The summed E-state index contributed by atoms with van der Waals surface area (Å²) >= 11 is 16.2. The zero-order chi connectivity index (χ0) is 40.9. The molecule has 0 spiro atoms. The first kappa shape index (κ1) is 44.6. The number of halogens is 2. The molecule has 1 aliphatic heterocycles. The van der Waals surface area contributed by atoms with Crippen LogP contribution in [0.5, 0.6) is 0 Å². The van der Waals surface area contributed by atoms with E-state index >= 15 is 0 Å². The molecule has 2 heterocycles. The highest BCUT2D eigenvalue weighted by atomic mass is 35.5. The number of rotatable bonds is 16. The molecule has 0 fully saturated rings. The van der Waals surface area contributed by atoms with Gasteiger partial charge >= 0.3 is 0 Å². The third kappa shape index (κ3) is 11.5.